The molecular weight excluding hydrogens is 220 g/mol. The lowest BCUT2D eigenvalue weighted by molar-refractivity contribution is 0.414. The standard InChI is InChI=1S/C17H16O/c1-11(2)15-9-13(18-3)10-17-14-7-5-4-6-12(14)8-16(15)17/h4-10H,1-3H3. The first-order valence-electron chi connectivity index (χ1n) is 6.17. The summed E-state index contributed by atoms with van der Waals surface area (Å²) in [5.74, 6) is 0.926. The number of ether oxygens (including phenoxy) is 1. The van der Waals surface area contributed by atoms with Crippen molar-refractivity contribution in [3.63, 3.8) is 0 Å². The molecule has 1 heteroatoms. The molecular formula is C17H16O. The number of benzene rings is 2. The fourth-order valence-corrected chi connectivity index (χ4v) is 2.56. The van der Waals surface area contributed by atoms with Crippen LogP contribution >= 0.6 is 0 Å². The predicted octanol–water partition coefficient (Wildman–Crippen LogP) is 2.69. The van der Waals surface area contributed by atoms with Gasteiger partial charge in [-0.1, -0.05) is 29.8 Å². The van der Waals surface area contributed by atoms with E-state index in [1.54, 1.807) is 7.11 Å². The average molecular weight is 236 g/mol. The van der Waals surface area contributed by atoms with E-state index in [4.69, 9.17) is 4.74 Å². The van der Waals surface area contributed by atoms with Crippen molar-refractivity contribution in [1.82, 2.24) is 0 Å². The fraction of sp³-hybridized carbons (Fsp3) is 0.176. The van der Waals surface area contributed by atoms with Gasteiger partial charge in [-0.05, 0) is 59.2 Å². The Morgan fingerprint density at radius 1 is 1.00 bits per heavy atom. The third kappa shape index (κ3) is 1.55. The Balaban J connectivity index is 2.46. The third-order valence-electron chi connectivity index (χ3n) is 3.48. The molecule has 0 bridgehead atoms. The van der Waals surface area contributed by atoms with Gasteiger partial charge in [-0.2, -0.15) is 0 Å². The minimum absolute atomic E-state index is 0.926. The largest absolute Gasteiger partial charge is 0.497 e. The number of fused-ring (bicyclic) bond motifs is 3. The SMILES string of the molecule is COc1cc2c(c(=C(C)C)c1)=Cc1ccccc1-2. The monoisotopic (exact) mass is 236 g/mol. The Kier molecular flexibility index (Phi) is 2.48. The van der Waals surface area contributed by atoms with Gasteiger partial charge in [-0.15, -0.1) is 0 Å². The highest BCUT2D eigenvalue weighted by atomic mass is 16.5. The summed E-state index contributed by atoms with van der Waals surface area (Å²) < 4.78 is 5.42. The fourth-order valence-electron chi connectivity index (χ4n) is 2.56. The number of rotatable bonds is 1. The second-order valence-electron chi connectivity index (χ2n) is 4.87. The second-order valence-corrected chi connectivity index (χ2v) is 4.87. The molecule has 0 aliphatic heterocycles. The average Bonchev–Trinajstić information content (AvgIpc) is 2.75. The lowest BCUT2D eigenvalue weighted by Gasteiger charge is -2.05. The molecule has 0 unspecified atom stereocenters. The first-order valence-corrected chi connectivity index (χ1v) is 6.17. The van der Waals surface area contributed by atoms with E-state index in [-0.39, 0.29) is 0 Å². The van der Waals surface area contributed by atoms with E-state index >= 15 is 0 Å². The van der Waals surface area contributed by atoms with Gasteiger partial charge in [0.2, 0.25) is 0 Å². The van der Waals surface area contributed by atoms with Gasteiger partial charge in [0.05, 0.1) is 7.11 Å². The first kappa shape index (κ1) is 11.1. The first-order chi connectivity index (χ1) is 8.70. The molecule has 0 radical (unpaired) electrons. The van der Waals surface area contributed by atoms with Crippen LogP contribution in [0.4, 0.5) is 0 Å². The molecule has 0 amide bonds. The van der Waals surface area contributed by atoms with Crippen LogP contribution in [-0.2, 0) is 0 Å². The van der Waals surface area contributed by atoms with Crippen LogP contribution in [0.25, 0.3) is 22.8 Å². The molecule has 2 aromatic carbocycles. The van der Waals surface area contributed by atoms with Gasteiger partial charge in [0, 0.05) is 0 Å². The molecule has 0 aromatic heterocycles. The van der Waals surface area contributed by atoms with Crippen LogP contribution in [-0.4, -0.2) is 7.11 Å². The molecule has 1 aliphatic rings. The predicted molar refractivity (Wildman–Crippen MR) is 76.0 cm³/mol. The van der Waals surface area contributed by atoms with Crippen LogP contribution in [0.3, 0.4) is 0 Å². The Morgan fingerprint density at radius 2 is 1.78 bits per heavy atom. The van der Waals surface area contributed by atoms with Crippen LogP contribution < -0.4 is 15.2 Å². The highest BCUT2D eigenvalue weighted by Crippen LogP contribution is 2.27. The van der Waals surface area contributed by atoms with Crippen LogP contribution in [0, 0.1) is 0 Å². The van der Waals surface area contributed by atoms with Crippen molar-refractivity contribution in [3.8, 4) is 16.9 Å². The van der Waals surface area contributed by atoms with E-state index in [0.717, 1.165) is 5.75 Å². The Morgan fingerprint density at radius 3 is 2.50 bits per heavy atom. The van der Waals surface area contributed by atoms with Gasteiger partial charge >= 0.3 is 0 Å². The van der Waals surface area contributed by atoms with Gasteiger partial charge in [0.25, 0.3) is 0 Å². The molecule has 0 atom stereocenters. The van der Waals surface area contributed by atoms with Gasteiger partial charge in [0.15, 0.2) is 0 Å². The maximum atomic E-state index is 5.42. The van der Waals surface area contributed by atoms with E-state index in [0.29, 0.717) is 0 Å². The highest BCUT2D eigenvalue weighted by Gasteiger charge is 2.13. The quantitative estimate of drug-likeness (QED) is 0.631. The van der Waals surface area contributed by atoms with E-state index in [1.807, 2.05) is 0 Å². The summed E-state index contributed by atoms with van der Waals surface area (Å²) >= 11 is 0. The van der Waals surface area contributed by atoms with Crippen molar-refractivity contribution in [1.29, 1.82) is 0 Å². The van der Waals surface area contributed by atoms with Crippen molar-refractivity contribution in [2.24, 2.45) is 0 Å². The molecule has 90 valence electrons. The minimum atomic E-state index is 0.926. The van der Waals surface area contributed by atoms with Crippen LogP contribution in [0.5, 0.6) is 5.75 Å². The normalized spacial score (nSPS) is 11.5. The molecule has 3 rings (SSSR count). The summed E-state index contributed by atoms with van der Waals surface area (Å²) in [5, 5.41) is 2.59. The Bertz CT molecular complexity index is 735. The summed E-state index contributed by atoms with van der Waals surface area (Å²) in [4.78, 5) is 0. The van der Waals surface area contributed by atoms with E-state index < -0.39 is 0 Å². The van der Waals surface area contributed by atoms with Crippen molar-refractivity contribution in [2.45, 2.75) is 13.8 Å². The molecule has 0 saturated carbocycles. The third-order valence-corrected chi connectivity index (χ3v) is 3.48. The topological polar surface area (TPSA) is 9.23 Å². The van der Waals surface area contributed by atoms with Gasteiger partial charge in [-0.25, -0.2) is 0 Å². The summed E-state index contributed by atoms with van der Waals surface area (Å²) in [6.07, 6.45) is 2.27. The number of hydrogen-bond acceptors (Lipinski definition) is 1. The summed E-state index contributed by atoms with van der Waals surface area (Å²) in [5.41, 5.74) is 5.19. The maximum absolute atomic E-state index is 5.42. The zero-order chi connectivity index (χ0) is 12.7. The van der Waals surface area contributed by atoms with Crippen LogP contribution in [0.15, 0.2) is 36.4 Å². The molecule has 18 heavy (non-hydrogen) atoms. The van der Waals surface area contributed by atoms with Crippen molar-refractivity contribution in [2.75, 3.05) is 7.11 Å². The van der Waals surface area contributed by atoms with Crippen LogP contribution in [0.1, 0.15) is 19.4 Å². The summed E-state index contributed by atoms with van der Waals surface area (Å²) in [6, 6.07) is 12.8. The van der Waals surface area contributed by atoms with Gasteiger partial charge < -0.3 is 4.74 Å². The van der Waals surface area contributed by atoms with Crippen LogP contribution in [0.2, 0.25) is 0 Å². The zero-order valence-electron chi connectivity index (χ0n) is 10.9. The molecule has 1 nitrogen and oxygen atoms in total. The Labute approximate surface area is 107 Å². The van der Waals surface area contributed by atoms with Gasteiger partial charge in [-0.3, -0.25) is 0 Å². The van der Waals surface area contributed by atoms with Crippen molar-refractivity contribution < 1.29 is 4.74 Å². The molecule has 0 heterocycles. The maximum Gasteiger partial charge on any atom is 0.120 e. The summed E-state index contributed by atoms with van der Waals surface area (Å²) in [6.45, 7) is 4.29. The molecule has 0 saturated heterocycles. The second kappa shape index (κ2) is 4.02. The highest BCUT2D eigenvalue weighted by molar-refractivity contribution is 5.83. The van der Waals surface area contributed by atoms with E-state index in [1.165, 1.54) is 32.7 Å². The molecule has 1 aliphatic carbocycles. The molecule has 0 N–H and O–H groups in total. The Hall–Kier alpha value is -2.02. The molecule has 0 fully saturated rings. The van der Waals surface area contributed by atoms with E-state index in [2.05, 4.69) is 56.3 Å². The van der Waals surface area contributed by atoms with Crippen molar-refractivity contribution in [3.05, 3.63) is 52.4 Å². The molecule has 0 spiro atoms. The number of hydrogen-bond donors (Lipinski definition) is 0. The zero-order valence-corrected chi connectivity index (χ0v) is 10.9. The smallest absolute Gasteiger partial charge is 0.120 e. The van der Waals surface area contributed by atoms with Crippen molar-refractivity contribution >= 4 is 11.6 Å². The summed E-state index contributed by atoms with van der Waals surface area (Å²) in [7, 11) is 1.72. The van der Waals surface area contributed by atoms with E-state index in [9.17, 15) is 0 Å². The lowest BCUT2D eigenvalue weighted by atomic mass is 10.0. The lowest BCUT2D eigenvalue weighted by Crippen LogP contribution is -2.26. The van der Waals surface area contributed by atoms with Gasteiger partial charge in [0.1, 0.15) is 5.75 Å². The molecule has 2 aromatic rings. The minimum Gasteiger partial charge on any atom is -0.497 e. The number of methoxy groups -OCH3 is 1.